The van der Waals surface area contributed by atoms with Gasteiger partial charge in [-0.1, -0.05) is 33.6 Å². The number of methoxy groups -OCH3 is 1. The molecule has 0 bridgehead atoms. The van der Waals surface area contributed by atoms with Gasteiger partial charge in [-0.2, -0.15) is 0 Å². The molecule has 0 spiro atoms. The van der Waals surface area contributed by atoms with Gasteiger partial charge < -0.3 is 9.64 Å². The fourth-order valence-corrected chi connectivity index (χ4v) is 3.22. The van der Waals surface area contributed by atoms with Crippen LogP contribution in [0, 0.1) is 5.92 Å². The van der Waals surface area contributed by atoms with Crippen molar-refractivity contribution in [3.05, 3.63) is 28.8 Å². The highest BCUT2D eigenvalue weighted by Gasteiger charge is 2.21. The van der Waals surface area contributed by atoms with Crippen LogP contribution in [0.5, 0.6) is 0 Å². The van der Waals surface area contributed by atoms with Crippen molar-refractivity contribution < 1.29 is 4.74 Å². The average Bonchev–Trinajstić information content (AvgIpc) is 2.39. The van der Waals surface area contributed by atoms with E-state index in [2.05, 4.69) is 33.0 Å². The second-order valence-electron chi connectivity index (χ2n) is 4.83. The van der Waals surface area contributed by atoms with Gasteiger partial charge >= 0.3 is 0 Å². The van der Waals surface area contributed by atoms with Gasteiger partial charge in [0.1, 0.15) is 0 Å². The molecule has 1 unspecified atom stereocenters. The predicted molar refractivity (Wildman–Crippen MR) is 80.9 cm³/mol. The summed E-state index contributed by atoms with van der Waals surface area (Å²) in [7, 11) is 1.77. The molecule has 1 aliphatic rings. The van der Waals surface area contributed by atoms with Crippen LogP contribution in [0.15, 0.2) is 18.2 Å². The van der Waals surface area contributed by atoms with Crippen molar-refractivity contribution in [2.45, 2.75) is 18.2 Å². The van der Waals surface area contributed by atoms with Gasteiger partial charge in [0.2, 0.25) is 0 Å². The highest BCUT2D eigenvalue weighted by molar-refractivity contribution is 9.08. The van der Waals surface area contributed by atoms with E-state index in [4.69, 9.17) is 16.3 Å². The molecule has 1 saturated heterocycles. The zero-order chi connectivity index (χ0) is 13.0. The van der Waals surface area contributed by atoms with E-state index >= 15 is 0 Å². The van der Waals surface area contributed by atoms with Gasteiger partial charge in [-0.3, -0.25) is 0 Å². The third-order valence-corrected chi connectivity index (χ3v) is 4.38. The second-order valence-corrected chi connectivity index (χ2v) is 5.80. The lowest BCUT2D eigenvalue weighted by molar-refractivity contribution is 0.143. The van der Waals surface area contributed by atoms with Crippen molar-refractivity contribution in [2.75, 3.05) is 31.7 Å². The third-order valence-electron chi connectivity index (χ3n) is 3.43. The number of ether oxygens (including phenoxy) is 1. The van der Waals surface area contributed by atoms with E-state index in [-0.39, 0.29) is 0 Å². The van der Waals surface area contributed by atoms with E-state index in [0.717, 1.165) is 35.7 Å². The molecule has 100 valence electrons. The summed E-state index contributed by atoms with van der Waals surface area (Å²) >= 11 is 9.83. The summed E-state index contributed by atoms with van der Waals surface area (Å²) in [5.41, 5.74) is 2.37. The second kappa shape index (κ2) is 6.78. The molecule has 4 heteroatoms. The summed E-state index contributed by atoms with van der Waals surface area (Å²) in [6.45, 7) is 2.97. The van der Waals surface area contributed by atoms with Crippen LogP contribution in [-0.2, 0) is 10.1 Å². The lowest BCUT2D eigenvalue weighted by Gasteiger charge is -2.34. The zero-order valence-electron chi connectivity index (χ0n) is 10.7. The fraction of sp³-hybridized carbons (Fsp3) is 0.571. The molecule has 0 amide bonds. The Balaban J connectivity index is 2.10. The molecule has 1 atom stereocenters. The van der Waals surface area contributed by atoms with Crippen LogP contribution in [0.4, 0.5) is 5.69 Å². The first-order valence-corrected chi connectivity index (χ1v) is 7.82. The molecule has 1 fully saturated rings. The monoisotopic (exact) mass is 331 g/mol. The summed E-state index contributed by atoms with van der Waals surface area (Å²) in [4.78, 5) is 2.38. The van der Waals surface area contributed by atoms with Crippen LogP contribution >= 0.6 is 27.5 Å². The first kappa shape index (κ1) is 14.2. The Hall–Kier alpha value is -0.250. The first-order chi connectivity index (χ1) is 8.74. The highest BCUT2D eigenvalue weighted by atomic mass is 79.9. The molecule has 2 rings (SSSR count). The number of benzene rings is 1. The van der Waals surface area contributed by atoms with Gasteiger partial charge in [-0.25, -0.2) is 0 Å². The number of alkyl halides is 1. The van der Waals surface area contributed by atoms with E-state index in [1.54, 1.807) is 7.11 Å². The Morgan fingerprint density at radius 3 is 3.00 bits per heavy atom. The van der Waals surface area contributed by atoms with Crippen LogP contribution in [0.25, 0.3) is 0 Å². The molecule has 0 saturated carbocycles. The Labute approximate surface area is 122 Å². The number of rotatable bonds is 4. The maximum atomic E-state index is 6.37. The van der Waals surface area contributed by atoms with Gasteiger partial charge in [-0.05, 0) is 36.5 Å². The van der Waals surface area contributed by atoms with Crippen molar-refractivity contribution in [1.29, 1.82) is 0 Å². The van der Waals surface area contributed by atoms with E-state index in [9.17, 15) is 0 Å². The van der Waals surface area contributed by atoms with Crippen molar-refractivity contribution in [3.8, 4) is 0 Å². The minimum Gasteiger partial charge on any atom is -0.384 e. The molecule has 0 aliphatic carbocycles. The molecule has 1 aromatic rings. The summed E-state index contributed by atoms with van der Waals surface area (Å²) < 4.78 is 5.27. The molecular weight excluding hydrogens is 314 g/mol. The standard InChI is InChI=1S/C14H19BrClNO/c1-18-10-12-3-2-6-17(9-12)14-5-4-11(8-15)7-13(14)16/h4-5,7,12H,2-3,6,8-10H2,1H3. The van der Waals surface area contributed by atoms with Crippen molar-refractivity contribution >= 4 is 33.2 Å². The lowest BCUT2D eigenvalue weighted by Crippen LogP contribution is -2.37. The Morgan fingerprint density at radius 2 is 2.33 bits per heavy atom. The van der Waals surface area contributed by atoms with Crippen LogP contribution in [-0.4, -0.2) is 26.8 Å². The smallest absolute Gasteiger partial charge is 0.0642 e. The number of halogens is 2. The van der Waals surface area contributed by atoms with Crippen molar-refractivity contribution in [3.63, 3.8) is 0 Å². The fourth-order valence-electron chi connectivity index (χ4n) is 2.55. The van der Waals surface area contributed by atoms with Crippen molar-refractivity contribution in [1.82, 2.24) is 0 Å². The Kier molecular flexibility index (Phi) is 5.34. The maximum absolute atomic E-state index is 6.37. The number of hydrogen-bond acceptors (Lipinski definition) is 2. The molecular formula is C14H19BrClNO. The molecule has 0 N–H and O–H groups in total. The van der Waals surface area contributed by atoms with E-state index in [1.165, 1.54) is 18.4 Å². The Bertz CT molecular complexity index is 397. The number of piperidine rings is 1. The number of nitrogens with zero attached hydrogens (tertiary/aromatic N) is 1. The quantitative estimate of drug-likeness (QED) is 0.770. The van der Waals surface area contributed by atoms with Gasteiger partial charge in [0, 0.05) is 25.5 Å². The topological polar surface area (TPSA) is 12.5 Å². The van der Waals surface area contributed by atoms with Gasteiger partial charge in [0.15, 0.2) is 0 Å². The van der Waals surface area contributed by atoms with E-state index < -0.39 is 0 Å². The molecule has 1 aliphatic heterocycles. The molecule has 0 radical (unpaired) electrons. The SMILES string of the molecule is COCC1CCCN(c2ccc(CBr)cc2Cl)C1. The number of hydrogen-bond donors (Lipinski definition) is 0. The van der Waals surface area contributed by atoms with Gasteiger partial charge in [0.05, 0.1) is 17.3 Å². The predicted octanol–water partition coefficient (Wildman–Crippen LogP) is 4.10. The molecule has 0 aromatic heterocycles. The third kappa shape index (κ3) is 3.40. The van der Waals surface area contributed by atoms with Gasteiger partial charge in [0.25, 0.3) is 0 Å². The van der Waals surface area contributed by atoms with E-state index in [1.807, 2.05) is 6.07 Å². The largest absolute Gasteiger partial charge is 0.384 e. The minimum atomic E-state index is 0.621. The zero-order valence-corrected chi connectivity index (χ0v) is 13.0. The summed E-state index contributed by atoms with van der Waals surface area (Å²) in [6, 6.07) is 6.32. The first-order valence-electron chi connectivity index (χ1n) is 6.33. The average molecular weight is 333 g/mol. The molecule has 18 heavy (non-hydrogen) atoms. The molecule has 2 nitrogen and oxygen atoms in total. The lowest BCUT2D eigenvalue weighted by atomic mass is 9.98. The molecule has 1 heterocycles. The minimum absolute atomic E-state index is 0.621. The highest BCUT2D eigenvalue weighted by Crippen LogP contribution is 2.31. The van der Waals surface area contributed by atoms with Crippen LogP contribution in [0.1, 0.15) is 18.4 Å². The maximum Gasteiger partial charge on any atom is 0.0642 e. The number of anilines is 1. The summed E-state index contributed by atoms with van der Waals surface area (Å²) in [5, 5.41) is 1.70. The van der Waals surface area contributed by atoms with Crippen LogP contribution < -0.4 is 4.90 Å². The van der Waals surface area contributed by atoms with Crippen molar-refractivity contribution in [2.24, 2.45) is 5.92 Å². The van der Waals surface area contributed by atoms with Crippen LogP contribution in [0.2, 0.25) is 5.02 Å². The van der Waals surface area contributed by atoms with Crippen LogP contribution in [0.3, 0.4) is 0 Å². The van der Waals surface area contributed by atoms with E-state index in [0.29, 0.717) is 5.92 Å². The molecule has 1 aromatic carbocycles. The summed E-state index contributed by atoms with van der Waals surface area (Å²) in [6.07, 6.45) is 2.46. The summed E-state index contributed by atoms with van der Waals surface area (Å²) in [5.74, 6) is 0.621. The normalized spacial score (nSPS) is 20.2. The Morgan fingerprint density at radius 1 is 1.50 bits per heavy atom. The van der Waals surface area contributed by atoms with Gasteiger partial charge in [-0.15, -0.1) is 0 Å².